The lowest BCUT2D eigenvalue weighted by molar-refractivity contribution is -0.282. The monoisotopic (exact) mass is 1310 g/mol. The maximum Gasteiger partial charge on any atom is 0.222 e. The zero-order chi connectivity index (χ0) is 67.1. The molecule has 3 aliphatic heterocycles. The molecule has 0 aromatic heterocycles. The van der Waals surface area contributed by atoms with E-state index in [4.69, 9.17) is 42.6 Å². The minimum Gasteiger partial charge on any atom is -0.394 e. The number of amides is 1. The van der Waals surface area contributed by atoms with Crippen LogP contribution in [0.4, 0.5) is 0 Å². The number of hydrogen-bond acceptors (Lipinski definition) is 24. The average molecular weight is 1310 g/mol. The number of carbonyl (C=O) groups is 6. The number of ketones is 5. The molecule has 3 fully saturated rings. The lowest BCUT2D eigenvalue weighted by Gasteiger charge is -2.40. The van der Waals surface area contributed by atoms with Crippen LogP contribution in [-0.4, -0.2) is 240 Å². The quantitative estimate of drug-likeness (QED) is 0.0388. The molecule has 25 heteroatoms. The van der Waals surface area contributed by atoms with Crippen molar-refractivity contribution in [2.75, 3.05) is 85.8 Å². The Balaban J connectivity index is 1.34. The van der Waals surface area contributed by atoms with Crippen LogP contribution in [0.15, 0.2) is 0 Å². The summed E-state index contributed by atoms with van der Waals surface area (Å²) in [6, 6.07) is 0. The summed E-state index contributed by atoms with van der Waals surface area (Å²) in [7, 11) is 0. The molecule has 91 heavy (non-hydrogen) atoms. The Hall–Kier alpha value is -2.90. The summed E-state index contributed by atoms with van der Waals surface area (Å²) in [6.07, 6.45) is 0.673. The Morgan fingerprint density at radius 2 is 0.648 bits per heavy atom. The van der Waals surface area contributed by atoms with Crippen molar-refractivity contribution >= 4 is 34.8 Å². The zero-order valence-corrected chi connectivity index (χ0v) is 55.3. The van der Waals surface area contributed by atoms with Crippen molar-refractivity contribution in [3.8, 4) is 0 Å². The molecular formula is C66H117NO24. The van der Waals surface area contributed by atoms with Gasteiger partial charge in [0, 0.05) is 120 Å². The number of rotatable bonds is 54. The molecule has 10 N–H and O–H groups in total. The van der Waals surface area contributed by atoms with E-state index < -0.39 is 117 Å². The van der Waals surface area contributed by atoms with Gasteiger partial charge in [-0.2, -0.15) is 0 Å². The van der Waals surface area contributed by atoms with Gasteiger partial charge in [-0.1, -0.05) is 47.5 Å². The van der Waals surface area contributed by atoms with Crippen molar-refractivity contribution in [2.24, 2.45) is 29.1 Å². The molecule has 3 rings (SSSR count). The van der Waals surface area contributed by atoms with Crippen molar-refractivity contribution < 1.29 is 117 Å². The van der Waals surface area contributed by atoms with Crippen LogP contribution in [0, 0.1) is 29.1 Å². The van der Waals surface area contributed by atoms with Crippen LogP contribution in [0.2, 0.25) is 0 Å². The Morgan fingerprint density at radius 3 is 0.945 bits per heavy atom. The topological polar surface area (TPSA) is 380 Å². The summed E-state index contributed by atoms with van der Waals surface area (Å²) in [4.78, 5) is 76.2. The minimum atomic E-state index is -1.20. The maximum absolute atomic E-state index is 12.9. The van der Waals surface area contributed by atoms with E-state index in [0.717, 1.165) is 12.8 Å². The van der Waals surface area contributed by atoms with Crippen molar-refractivity contribution in [2.45, 2.75) is 269 Å². The van der Waals surface area contributed by atoms with E-state index in [2.05, 4.69) is 5.32 Å². The predicted molar refractivity (Wildman–Crippen MR) is 332 cm³/mol. The molecule has 15 atom stereocenters. The summed E-state index contributed by atoms with van der Waals surface area (Å²) in [6.45, 7) is 10.2. The summed E-state index contributed by atoms with van der Waals surface area (Å²) in [5.74, 6) is -1.21. The molecule has 1 amide bonds. The third-order valence-corrected chi connectivity index (χ3v) is 17.9. The summed E-state index contributed by atoms with van der Waals surface area (Å²) in [5.41, 5.74) is -0.678. The molecule has 3 aliphatic rings. The molecular weight excluding hydrogens is 1190 g/mol. The van der Waals surface area contributed by atoms with E-state index in [-0.39, 0.29) is 99.6 Å². The van der Waals surface area contributed by atoms with Crippen molar-refractivity contribution in [1.29, 1.82) is 0 Å². The number of aliphatic hydroxyl groups excluding tert-OH is 9. The third kappa shape index (κ3) is 31.7. The molecule has 0 aliphatic carbocycles. The smallest absolute Gasteiger partial charge is 0.222 e. The van der Waals surface area contributed by atoms with E-state index >= 15 is 0 Å². The van der Waals surface area contributed by atoms with Crippen LogP contribution in [0.3, 0.4) is 0 Å². The van der Waals surface area contributed by atoms with E-state index in [9.17, 15) is 74.7 Å². The van der Waals surface area contributed by atoms with Gasteiger partial charge < -0.3 is 93.9 Å². The largest absolute Gasteiger partial charge is 0.394 e. The van der Waals surface area contributed by atoms with Crippen molar-refractivity contribution in [3.63, 3.8) is 0 Å². The molecule has 0 aromatic rings. The fourth-order valence-electron chi connectivity index (χ4n) is 11.1. The molecule has 0 bridgehead atoms. The molecule has 0 spiro atoms. The SMILES string of the molecule is CC1[C@H](OCCCCC(=O)CCCCCC(=O)CCOCC(COCCC(=O)CCCCCC(=O)CCCCO[C@@H]2OC(CO)[C@H](O)[C@H](O)C2C)(COCCC(=O)NCCCCC(=O)CCCCO[C@@H]2OC(CO)[C@H](O)[C@H](O)C2C)C(C)C)OC(CO)[C@H](O)[C@@H]1O. The normalized spacial score (nSPS) is 27.6. The number of nitrogens with one attached hydrogen (secondary N) is 1. The second kappa shape index (κ2) is 47.1. The van der Waals surface area contributed by atoms with Gasteiger partial charge in [0.2, 0.25) is 5.91 Å². The van der Waals surface area contributed by atoms with Crippen LogP contribution in [0.25, 0.3) is 0 Å². The van der Waals surface area contributed by atoms with Crippen LogP contribution >= 0.6 is 0 Å². The fourth-order valence-corrected chi connectivity index (χ4v) is 11.1. The predicted octanol–water partition coefficient (Wildman–Crippen LogP) is 3.67. The van der Waals surface area contributed by atoms with Crippen LogP contribution in [-0.2, 0) is 71.4 Å². The molecule has 0 radical (unpaired) electrons. The van der Waals surface area contributed by atoms with E-state index in [1.807, 2.05) is 13.8 Å². The van der Waals surface area contributed by atoms with Gasteiger partial charge in [0.15, 0.2) is 18.9 Å². The summed E-state index contributed by atoms with van der Waals surface area (Å²) < 4.78 is 52.4. The van der Waals surface area contributed by atoms with Gasteiger partial charge in [0.05, 0.1) is 77.8 Å². The van der Waals surface area contributed by atoms with Gasteiger partial charge in [-0.15, -0.1) is 0 Å². The maximum atomic E-state index is 12.9. The molecule has 530 valence electrons. The first-order chi connectivity index (χ1) is 43.6. The van der Waals surface area contributed by atoms with E-state index in [0.29, 0.717) is 155 Å². The Kier molecular flexibility index (Phi) is 42.6. The van der Waals surface area contributed by atoms with Gasteiger partial charge in [-0.05, 0) is 83.0 Å². The van der Waals surface area contributed by atoms with Gasteiger partial charge in [-0.3, -0.25) is 28.8 Å². The van der Waals surface area contributed by atoms with E-state index in [1.165, 1.54) is 0 Å². The summed E-state index contributed by atoms with van der Waals surface area (Å²) >= 11 is 0. The van der Waals surface area contributed by atoms with Crippen LogP contribution < -0.4 is 5.32 Å². The molecule has 3 heterocycles. The average Bonchev–Trinajstić information content (AvgIpc) is 1.17. The lowest BCUT2D eigenvalue weighted by atomic mass is 9.79. The van der Waals surface area contributed by atoms with Gasteiger partial charge in [-0.25, -0.2) is 0 Å². The number of ether oxygens (including phenoxy) is 9. The first-order valence-electron chi connectivity index (χ1n) is 33.9. The van der Waals surface area contributed by atoms with Crippen molar-refractivity contribution in [3.05, 3.63) is 0 Å². The number of Topliss-reactive ketones (excluding diaryl/α,β-unsaturated/α-hetero) is 5. The Bertz CT molecular complexity index is 1800. The number of carbonyl (C=O) groups excluding carboxylic acids is 6. The first-order valence-corrected chi connectivity index (χ1v) is 33.9. The second-order valence-corrected chi connectivity index (χ2v) is 25.7. The Labute approximate surface area is 539 Å². The standard InChI is InChI=1S/C66H117NO24/c1-44(2)66(41-83-35-28-51(74)22-10-6-8-20-48(71)25-13-17-32-86-63-45(3)57(77)60(80)53(38-68)89-63,42-84-36-29-52(75)23-11-7-9-21-49(72)26-14-18-33-87-64-46(4)58(78)61(81)54(39-69)90-64)43-85-37-30-56(76)67-31-16-12-24-50(73)27-15-19-34-88-65-47(5)59(79)62(82)55(40-70)91-65/h44-47,53-55,57-65,68-70,77-82H,6-43H2,1-5H3,(H,67,76)/t45?,46?,47?,53?,54?,55?,57-,58-,59-,60+,61+,62+,63-,64-,65-,66?/m1/s1. The second-order valence-electron chi connectivity index (χ2n) is 25.7. The first kappa shape index (κ1) is 82.3. The third-order valence-electron chi connectivity index (χ3n) is 17.9. The highest BCUT2D eigenvalue weighted by Crippen LogP contribution is 2.32. The van der Waals surface area contributed by atoms with Gasteiger partial charge in [0.25, 0.3) is 0 Å². The van der Waals surface area contributed by atoms with E-state index in [1.54, 1.807) is 20.8 Å². The number of unbranched alkanes of at least 4 members (excludes halogenated alkanes) is 8. The highest BCUT2D eigenvalue weighted by molar-refractivity contribution is 5.80. The molecule has 3 saturated heterocycles. The van der Waals surface area contributed by atoms with Gasteiger partial charge >= 0.3 is 0 Å². The fraction of sp³-hybridized carbons (Fsp3) is 0.909. The number of hydrogen-bond donors (Lipinski definition) is 10. The zero-order valence-electron chi connectivity index (χ0n) is 55.3. The summed E-state index contributed by atoms with van der Waals surface area (Å²) in [5, 5.41) is 92.0. The highest BCUT2D eigenvalue weighted by Gasteiger charge is 2.45. The highest BCUT2D eigenvalue weighted by atomic mass is 16.7. The molecule has 25 nitrogen and oxygen atoms in total. The number of aliphatic hydroxyl groups is 9. The molecule has 6 unspecified atom stereocenters. The van der Waals surface area contributed by atoms with Crippen molar-refractivity contribution in [1.82, 2.24) is 5.32 Å². The van der Waals surface area contributed by atoms with Crippen LogP contribution in [0.5, 0.6) is 0 Å². The van der Waals surface area contributed by atoms with Crippen LogP contribution in [0.1, 0.15) is 195 Å². The lowest BCUT2D eigenvalue weighted by Crippen LogP contribution is -2.55. The molecule has 0 saturated carbocycles. The minimum absolute atomic E-state index is 0.0280. The Morgan fingerprint density at radius 1 is 0.374 bits per heavy atom. The molecule has 0 aromatic carbocycles. The van der Waals surface area contributed by atoms with Gasteiger partial charge in [0.1, 0.15) is 65.5 Å².